The van der Waals surface area contributed by atoms with Crippen LogP contribution in [0.2, 0.25) is 0 Å². The van der Waals surface area contributed by atoms with E-state index < -0.39 is 0 Å². The van der Waals surface area contributed by atoms with Crippen LogP contribution in [-0.4, -0.2) is 30.9 Å². The first-order valence-electron chi connectivity index (χ1n) is 5.49. The Labute approximate surface area is 89.8 Å². The van der Waals surface area contributed by atoms with Crippen LogP contribution >= 0.6 is 0 Å². The van der Waals surface area contributed by atoms with E-state index in [0.29, 0.717) is 19.4 Å². The summed E-state index contributed by atoms with van der Waals surface area (Å²) in [6.07, 6.45) is 4.06. The highest BCUT2D eigenvalue weighted by atomic mass is 16.2. The van der Waals surface area contributed by atoms with Gasteiger partial charge < -0.3 is 16.4 Å². The van der Waals surface area contributed by atoms with Crippen molar-refractivity contribution in [1.82, 2.24) is 10.6 Å². The number of carbonyl (C=O) groups excluding carboxylic acids is 2. The Balaban J connectivity index is 2.18. The average Bonchev–Trinajstić information content (AvgIpc) is 2.38. The molecule has 1 fully saturated rings. The molecule has 0 aliphatic carbocycles. The molecule has 1 atom stereocenters. The van der Waals surface area contributed by atoms with Gasteiger partial charge in [0.2, 0.25) is 11.8 Å². The predicted molar refractivity (Wildman–Crippen MR) is 57.1 cm³/mol. The number of nitrogens with one attached hydrogen (secondary N) is 2. The molecule has 1 unspecified atom stereocenters. The number of primary amides is 1. The molecule has 86 valence electrons. The van der Waals surface area contributed by atoms with Gasteiger partial charge >= 0.3 is 0 Å². The van der Waals surface area contributed by atoms with Gasteiger partial charge in [0, 0.05) is 13.0 Å². The molecule has 2 amide bonds. The average molecular weight is 213 g/mol. The molecule has 1 heterocycles. The Morgan fingerprint density at radius 3 is 3.07 bits per heavy atom. The van der Waals surface area contributed by atoms with Crippen molar-refractivity contribution >= 4 is 11.8 Å². The van der Waals surface area contributed by atoms with Crippen molar-refractivity contribution in [1.29, 1.82) is 0 Å². The van der Waals surface area contributed by atoms with E-state index in [4.69, 9.17) is 5.73 Å². The third-order valence-electron chi connectivity index (χ3n) is 2.53. The highest BCUT2D eigenvalue weighted by Gasteiger charge is 2.19. The van der Waals surface area contributed by atoms with E-state index in [1.165, 1.54) is 0 Å². The zero-order valence-electron chi connectivity index (χ0n) is 8.92. The minimum absolute atomic E-state index is 0.0755. The largest absolute Gasteiger partial charge is 0.370 e. The Morgan fingerprint density at radius 1 is 1.53 bits per heavy atom. The number of hydrogen-bond donors (Lipinski definition) is 3. The van der Waals surface area contributed by atoms with E-state index in [-0.39, 0.29) is 17.9 Å². The van der Waals surface area contributed by atoms with Crippen LogP contribution in [0.1, 0.15) is 32.1 Å². The van der Waals surface area contributed by atoms with Crippen molar-refractivity contribution in [2.75, 3.05) is 13.1 Å². The van der Waals surface area contributed by atoms with Gasteiger partial charge in [-0.05, 0) is 32.2 Å². The quantitative estimate of drug-likeness (QED) is 0.539. The van der Waals surface area contributed by atoms with Gasteiger partial charge in [-0.2, -0.15) is 0 Å². The molecule has 5 nitrogen and oxygen atoms in total. The van der Waals surface area contributed by atoms with Crippen LogP contribution in [-0.2, 0) is 9.59 Å². The second kappa shape index (κ2) is 6.40. The second-order valence-electron chi connectivity index (χ2n) is 3.86. The van der Waals surface area contributed by atoms with Crippen LogP contribution in [0.15, 0.2) is 0 Å². The zero-order chi connectivity index (χ0) is 11.1. The van der Waals surface area contributed by atoms with Crippen molar-refractivity contribution in [2.24, 2.45) is 5.73 Å². The van der Waals surface area contributed by atoms with E-state index >= 15 is 0 Å². The molecule has 15 heavy (non-hydrogen) atoms. The van der Waals surface area contributed by atoms with Gasteiger partial charge in [-0.3, -0.25) is 9.59 Å². The fourth-order valence-corrected chi connectivity index (χ4v) is 1.67. The van der Waals surface area contributed by atoms with E-state index in [1.54, 1.807) is 0 Å². The Hall–Kier alpha value is -1.10. The summed E-state index contributed by atoms with van der Waals surface area (Å²) in [7, 11) is 0. The standard InChI is InChI=1S/C10H19N3O2/c11-9(14)5-3-7-12-8-4-1-2-6-13-10(8)15/h8,12H,1-7H2,(H2,11,14)(H,13,15). The van der Waals surface area contributed by atoms with Crippen molar-refractivity contribution in [3.8, 4) is 0 Å². The molecule has 4 N–H and O–H groups in total. The van der Waals surface area contributed by atoms with Gasteiger partial charge in [-0.1, -0.05) is 0 Å². The Bertz CT molecular complexity index is 231. The maximum absolute atomic E-state index is 11.5. The lowest BCUT2D eigenvalue weighted by atomic mass is 10.1. The molecule has 0 aromatic carbocycles. The summed E-state index contributed by atoms with van der Waals surface area (Å²) in [5.74, 6) is -0.214. The highest BCUT2D eigenvalue weighted by molar-refractivity contribution is 5.81. The monoisotopic (exact) mass is 213 g/mol. The van der Waals surface area contributed by atoms with E-state index in [0.717, 1.165) is 25.8 Å². The molecule has 0 spiro atoms. The van der Waals surface area contributed by atoms with Gasteiger partial charge in [0.05, 0.1) is 6.04 Å². The number of nitrogens with two attached hydrogens (primary N) is 1. The van der Waals surface area contributed by atoms with Gasteiger partial charge in [0.25, 0.3) is 0 Å². The molecule has 0 bridgehead atoms. The van der Waals surface area contributed by atoms with E-state index in [9.17, 15) is 9.59 Å². The van der Waals surface area contributed by atoms with Crippen LogP contribution in [0, 0.1) is 0 Å². The Kier molecular flexibility index (Phi) is 5.10. The first kappa shape index (κ1) is 12.0. The number of amides is 2. The summed E-state index contributed by atoms with van der Waals surface area (Å²) in [6, 6.07) is -0.0969. The molecule has 1 aliphatic rings. The molecule has 1 saturated heterocycles. The molecule has 0 saturated carbocycles. The summed E-state index contributed by atoms with van der Waals surface area (Å²) >= 11 is 0. The topological polar surface area (TPSA) is 84.2 Å². The maximum Gasteiger partial charge on any atom is 0.237 e. The van der Waals surface area contributed by atoms with Crippen LogP contribution in [0.25, 0.3) is 0 Å². The lowest BCUT2D eigenvalue weighted by Crippen LogP contribution is -2.43. The minimum Gasteiger partial charge on any atom is -0.370 e. The summed E-state index contributed by atoms with van der Waals surface area (Å²) in [6.45, 7) is 1.44. The highest BCUT2D eigenvalue weighted by Crippen LogP contribution is 2.05. The summed E-state index contributed by atoms with van der Waals surface area (Å²) in [5, 5.41) is 6.00. The molecule has 1 aliphatic heterocycles. The lowest BCUT2D eigenvalue weighted by Gasteiger charge is -2.14. The second-order valence-corrected chi connectivity index (χ2v) is 3.86. The van der Waals surface area contributed by atoms with Gasteiger partial charge in [-0.15, -0.1) is 0 Å². The van der Waals surface area contributed by atoms with Crippen molar-refractivity contribution in [2.45, 2.75) is 38.1 Å². The van der Waals surface area contributed by atoms with Crippen LogP contribution < -0.4 is 16.4 Å². The predicted octanol–water partition coefficient (Wildman–Crippen LogP) is -0.490. The fraction of sp³-hybridized carbons (Fsp3) is 0.800. The number of carbonyl (C=O) groups is 2. The molecule has 0 aromatic rings. The molecule has 0 aromatic heterocycles. The number of rotatable bonds is 5. The summed E-state index contributed by atoms with van der Waals surface area (Å²) < 4.78 is 0. The first-order chi connectivity index (χ1) is 7.20. The maximum atomic E-state index is 11.5. The normalized spacial score (nSPS) is 21.9. The smallest absolute Gasteiger partial charge is 0.237 e. The summed E-state index contributed by atoms with van der Waals surface area (Å²) in [5.41, 5.74) is 5.02. The first-order valence-corrected chi connectivity index (χ1v) is 5.49. The van der Waals surface area contributed by atoms with Gasteiger partial charge in [0.15, 0.2) is 0 Å². The van der Waals surface area contributed by atoms with E-state index in [1.807, 2.05) is 0 Å². The molecule has 5 heteroatoms. The van der Waals surface area contributed by atoms with Crippen molar-refractivity contribution in [3.05, 3.63) is 0 Å². The SMILES string of the molecule is NC(=O)CCCNC1CCCCNC1=O. The third-order valence-corrected chi connectivity index (χ3v) is 2.53. The fourth-order valence-electron chi connectivity index (χ4n) is 1.67. The van der Waals surface area contributed by atoms with Crippen molar-refractivity contribution < 1.29 is 9.59 Å². The zero-order valence-corrected chi connectivity index (χ0v) is 8.92. The molecule has 1 rings (SSSR count). The van der Waals surface area contributed by atoms with Crippen LogP contribution in [0.4, 0.5) is 0 Å². The van der Waals surface area contributed by atoms with Crippen LogP contribution in [0.3, 0.4) is 0 Å². The van der Waals surface area contributed by atoms with Crippen LogP contribution in [0.5, 0.6) is 0 Å². The lowest BCUT2D eigenvalue weighted by molar-refractivity contribution is -0.122. The molecular weight excluding hydrogens is 194 g/mol. The van der Waals surface area contributed by atoms with Gasteiger partial charge in [-0.25, -0.2) is 0 Å². The Morgan fingerprint density at radius 2 is 2.33 bits per heavy atom. The third kappa shape index (κ3) is 4.78. The number of hydrogen-bond acceptors (Lipinski definition) is 3. The summed E-state index contributed by atoms with van der Waals surface area (Å²) in [4.78, 5) is 22.0. The minimum atomic E-state index is -0.290. The molecule has 0 radical (unpaired) electrons. The van der Waals surface area contributed by atoms with Gasteiger partial charge in [0.1, 0.15) is 0 Å². The van der Waals surface area contributed by atoms with Crippen molar-refractivity contribution in [3.63, 3.8) is 0 Å². The van der Waals surface area contributed by atoms with E-state index in [2.05, 4.69) is 10.6 Å². The molecular formula is C10H19N3O2.